The third-order valence-corrected chi connectivity index (χ3v) is 7.54. The quantitative estimate of drug-likeness (QED) is 0.299. The van der Waals surface area contributed by atoms with E-state index in [0.717, 1.165) is 37.6 Å². The van der Waals surface area contributed by atoms with Crippen LogP contribution in [-0.2, 0) is 0 Å². The van der Waals surface area contributed by atoms with Gasteiger partial charge in [0.1, 0.15) is 0 Å². The first-order chi connectivity index (χ1) is 19.0. The van der Waals surface area contributed by atoms with E-state index in [-0.39, 0.29) is 5.43 Å². The molecule has 6 rings (SSSR count). The van der Waals surface area contributed by atoms with Crippen molar-refractivity contribution in [3.05, 3.63) is 99.7 Å². The Hall–Kier alpha value is -3.98. The van der Waals surface area contributed by atoms with Gasteiger partial charge in [0.25, 0.3) is 0 Å². The molecular formula is C29H25Cl2N7O. The van der Waals surface area contributed by atoms with Gasteiger partial charge in [-0.25, -0.2) is 4.98 Å². The van der Waals surface area contributed by atoms with E-state index in [1.807, 2.05) is 28.8 Å². The predicted octanol–water partition coefficient (Wildman–Crippen LogP) is 5.64. The number of rotatable bonds is 5. The number of nitrogens with one attached hydrogen (secondary N) is 1. The van der Waals surface area contributed by atoms with Gasteiger partial charge < -0.3 is 19.7 Å². The smallest absolute Gasteiger partial charge is 0.229 e. The number of anilines is 3. The minimum absolute atomic E-state index is 0.256. The molecule has 0 amide bonds. The van der Waals surface area contributed by atoms with E-state index in [4.69, 9.17) is 28.2 Å². The number of halogens is 2. The van der Waals surface area contributed by atoms with Gasteiger partial charge in [0.15, 0.2) is 5.65 Å². The number of benzene rings is 2. The SMILES string of the molecule is CN1CCN(c2ccc(Nc3ncc4c(=O)c(-c5c(Cl)cccc5Cl)cn(-c5ccncc5)c4n3)cc2)CC1. The molecule has 10 heteroatoms. The standard InChI is InChI=1S/C29H25Cl2N7O/c1-36-13-15-37(16-14-36)20-7-5-19(6-8-20)34-29-33-17-22-27(39)23(26-24(30)3-2-4-25(26)31)18-38(28(22)35-29)21-9-11-32-12-10-21/h2-12,17-18H,13-16H2,1H3,(H,33,34,35). The molecule has 0 saturated carbocycles. The fourth-order valence-corrected chi connectivity index (χ4v) is 5.36. The Morgan fingerprint density at radius 2 is 1.56 bits per heavy atom. The second-order valence-corrected chi connectivity index (χ2v) is 10.3. The number of pyridine rings is 2. The summed E-state index contributed by atoms with van der Waals surface area (Å²) in [5.41, 5.74) is 3.84. The Balaban J connectivity index is 1.40. The molecule has 39 heavy (non-hydrogen) atoms. The van der Waals surface area contributed by atoms with Crippen LogP contribution in [0.1, 0.15) is 0 Å². The first kappa shape index (κ1) is 25.3. The number of piperazine rings is 1. The van der Waals surface area contributed by atoms with Gasteiger partial charge in [-0.2, -0.15) is 4.98 Å². The molecule has 0 atom stereocenters. The molecule has 1 saturated heterocycles. The van der Waals surface area contributed by atoms with Crippen LogP contribution in [0, 0.1) is 0 Å². The molecule has 4 heterocycles. The lowest BCUT2D eigenvalue weighted by atomic mass is 10.1. The number of hydrogen-bond donors (Lipinski definition) is 1. The minimum Gasteiger partial charge on any atom is -0.369 e. The fourth-order valence-electron chi connectivity index (χ4n) is 4.75. The van der Waals surface area contributed by atoms with E-state index in [0.29, 0.717) is 38.2 Å². The Morgan fingerprint density at radius 1 is 0.872 bits per heavy atom. The lowest BCUT2D eigenvalue weighted by Crippen LogP contribution is -2.44. The van der Waals surface area contributed by atoms with Gasteiger partial charge in [-0.15, -0.1) is 0 Å². The van der Waals surface area contributed by atoms with Crippen LogP contribution in [0.15, 0.2) is 84.2 Å². The van der Waals surface area contributed by atoms with E-state index in [9.17, 15) is 4.79 Å². The van der Waals surface area contributed by atoms with Crippen molar-refractivity contribution in [2.24, 2.45) is 0 Å². The maximum Gasteiger partial charge on any atom is 0.229 e. The summed E-state index contributed by atoms with van der Waals surface area (Å²) in [6.07, 6.45) is 6.62. The van der Waals surface area contributed by atoms with Crippen LogP contribution < -0.4 is 15.6 Å². The molecule has 0 aliphatic carbocycles. The van der Waals surface area contributed by atoms with Gasteiger partial charge in [0.05, 0.1) is 21.1 Å². The van der Waals surface area contributed by atoms with Crippen molar-refractivity contribution < 1.29 is 0 Å². The molecule has 1 aliphatic rings. The van der Waals surface area contributed by atoms with E-state index in [1.54, 1.807) is 36.8 Å². The third-order valence-electron chi connectivity index (χ3n) is 6.91. The maximum atomic E-state index is 13.6. The summed E-state index contributed by atoms with van der Waals surface area (Å²) in [7, 11) is 2.15. The molecule has 0 radical (unpaired) electrons. The molecule has 196 valence electrons. The maximum absolute atomic E-state index is 13.6. The van der Waals surface area contributed by atoms with E-state index in [1.165, 1.54) is 11.9 Å². The molecule has 1 N–H and O–H groups in total. The van der Waals surface area contributed by atoms with E-state index < -0.39 is 0 Å². The Bertz CT molecular complexity index is 1680. The van der Waals surface area contributed by atoms with Crippen molar-refractivity contribution in [3.8, 4) is 16.8 Å². The molecule has 1 aliphatic heterocycles. The van der Waals surface area contributed by atoms with Crippen molar-refractivity contribution in [2.75, 3.05) is 43.4 Å². The van der Waals surface area contributed by atoms with Crippen LogP contribution >= 0.6 is 23.2 Å². The van der Waals surface area contributed by atoms with Crippen LogP contribution in [0.5, 0.6) is 0 Å². The summed E-state index contributed by atoms with van der Waals surface area (Å²) in [6.45, 7) is 4.11. The zero-order valence-corrected chi connectivity index (χ0v) is 22.7. The van der Waals surface area contributed by atoms with Crippen LogP contribution in [0.4, 0.5) is 17.3 Å². The summed E-state index contributed by atoms with van der Waals surface area (Å²) >= 11 is 13.0. The van der Waals surface area contributed by atoms with Crippen molar-refractivity contribution >= 4 is 51.6 Å². The second-order valence-electron chi connectivity index (χ2n) is 9.44. The number of aromatic nitrogens is 4. The highest BCUT2D eigenvalue weighted by Gasteiger charge is 2.19. The average molecular weight is 558 g/mol. The Labute approximate surface area is 235 Å². The predicted molar refractivity (Wildman–Crippen MR) is 158 cm³/mol. The Kier molecular flexibility index (Phi) is 6.91. The lowest BCUT2D eigenvalue weighted by molar-refractivity contribution is 0.313. The first-order valence-corrected chi connectivity index (χ1v) is 13.3. The molecule has 0 bridgehead atoms. The van der Waals surface area contributed by atoms with Crippen molar-refractivity contribution in [1.82, 2.24) is 24.4 Å². The largest absolute Gasteiger partial charge is 0.369 e. The highest BCUT2D eigenvalue weighted by atomic mass is 35.5. The normalized spacial score (nSPS) is 14.1. The van der Waals surface area contributed by atoms with Crippen molar-refractivity contribution in [1.29, 1.82) is 0 Å². The fraction of sp³-hybridized carbons (Fsp3) is 0.172. The first-order valence-electron chi connectivity index (χ1n) is 12.6. The molecular weight excluding hydrogens is 533 g/mol. The van der Waals surface area contributed by atoms with Crippen LogP contribution in [0.2, 0.25) is 10.0 Å². The molecule has 5 aromatic rings. The summed E-state index contributed by atoms with van der Waals surface area (Å²) in [5.74, 6) is 0.376. The topological polar surface area (TPSA) is 79.2 Å². The van der Waals surface area contributed by atoms with Gasteiger partial charge in [0.2, 0.25) is 11.4 Å². The number of nitrogens with zero attached hydrogens (tertiary/aromatic N) is 6. The van der Waals surface area contributed by atoms with Crippen LogP contribution in [0.25, 0.3) is 27.8 Å². The molecule has 1 fully saturated rings. The second kappa shape index (κ2) is 10.6. The monoisotopic (exact) mass is 557 g/mol. The zero-order chi connectivity index (χ0) is 26.9. The highest BCUT2D eigenvalue weighted by Crippen LogP contribution is 2.34. The highest BCUT2D eigenvalue weighted by molar-refractivity contribution is 6.39. The van der Waals surface area contributed by atoms with Crippen molar-refractivity contribution in [2.45, 2.75) is 0 Å². The van der Waals surface area contributed by atoms with Gasteiger partial charge >= 0.3 is 0 Å². The van der Waals surface area contributed by atoms with Crippen molar-refractivity contribution in [3.63, 3.8) is 0 Å². The minimum atomic E-state index is -0.256. The summed E-state index contributed by atoms with van der Waals surface area (Å²) in [6, 6.07) is 17.1. The third kappa shape index (κ3) is 5.06. The zero-order valence-electron chi connectivity index (χ0n) is 21.2. The van der Waals surface area contributed by atoms with Gasteiger partial charge in [-0.1, -0.05) is 29.3 Å². The van der Waals surface area contributed by atoms with Gasteiger partial charge in [-0.05, 0) is 55.6 Å². The summed E-state index contributed by atoms with van der Waals surface area (Å²) in [5, 5.41) is 4.40. The van der Waals surface area contributed by atoms with Crippen LogP contribution in [0.3, 0.4) is 0 Å². The van der Waals surface area contributed by atoms with Gasteiger partial charge in [0, 0.05) is 73.5 Å². The lowest BCUT2D eigenvalue weighted by Gasteiger charge is -2.34. The average Bonchev–Trinajstić information content (AvgIpc) is 2.95. The number of likely N-dealkylation sites (N-methyl/N-ethyl adjacent to an activating group) is 1. The molecule has 3 aromatic heterocycles. The number of fused-ring (bicyclic) bond motifs is 1. The van der Waals surface area contributed by atoms with E-state index >= 15 is 0 Å². The molecule has 0 spiro atoms. The van der Waals surface area contributed by atoms with Gasteiger partial charge in [-0.3, -0.25) is 9.78 Å². The van der Waals surface area contributed by atoms with Crippen LogP contribution in [-0.4, -0.2) is 57.6 Å². The molecule has 2 aromatic carbocycles. The molecule has 8 nitrogen and oxygen atoms in total. The summed E-state index contributed by atoms with van der Waals surface area (Å²) < 4.78 is 1.83. The number of hydrogen-bond acceptors (Lipinski definition) is 7. The summed E-state index contributed by atoms with van der Waals surface area (Å²) in [4.78, 5) is 31.7. The molecule has 0 unspecified atom stereocenters. The van der Waals surface area contributed by atoms with E-state index in [2.05, 4.69) is 44.3 Å². The Morgan fingerprint density at radius 3 is 2.26 bits per heavy atom.